The van der Waals surface area contributed by atoms with Crippen LogP contribution in [0.2, 0.25) is 5.02 Å². The number of fused-ring (bicyclic) bond motifs is 1. The molecule has 2 rings (SSSR count). The second kappa shape index (κ2) is 3.74. The molecule has 0 spiro atoms. The zero-order valence-corrected chi connectivity index (χ0v) is 9.51. The van der Waals surface area contributed by atoms with Gasteiger partial charge in [-0.2, -0.15) is 0 Å². The number of benzene rings is 1. The number of nitrogens with one attached hydrogen (secondary N) is 1. The molecule has 0 fully saturated rings. The van der Waals surface area contributed by atoms with Gasteiger partial charge in [-0.25, -0.2) is 0 Å². The minimum absolute atomic E-state index is 0.0368. The molecule has 1 aliphatic heterocycles. The lowest BCUT2D eigenvalue weighted by atomic mass is 10.1. The van der Waals surface area contributed by atoms with Gasteiger partial charge in [-0.15, -0.1) is 0 Å². The van der Waals surface area contributed by atoms with Crippen LogP contribution >= 0.6 is 11.6 Å². The van der Waals surface area contributed by atoms with Crippen molar-refractivity contribution in [3.63, 3.8) is 0 Å². The smallest absolute Gasteiger partial charge is 0.247 e. The van der Waals surface area contributed by atoms with Crippen LogP contribution in [0.3, 0.4) is 0 Å². The number of halogens is 1. The molecule has 1 N–H and O–H groups in total. The van der Waals surface area contributed by atoms with E-state index in [1.165, 1.54) is 0 Å². The van der Waals surface area contributed by atoms with Gasteiger partial charge in [0.05, 0.1) is 16.4 Å². The fourth-order valence-electron chi connectivity index (χ4n) is 1.98. The highest BCUT2D eigenvalue weighted by Gasteiger charge is 2.30. The van der Waals surface area contributed by atoms with Crippen LogP contribution in [0.5, 0.6) is 0 Å². The van der Waals surface area contributed by atoms with Gasteiger partial charge in [0.1, 0.15) is 6.04 Å². The van der Waals surface area contributed by atoms with Crippen LogP contribution in [0.15, 0.2) is 18.2 Å². The van der Waals surface area contributed by atoms with Gasteiger partial charge < -0.3 is 10.2 Å². The van der Waals surface area contributed by atoms with Crippen LogP contribution in [0.1, 0.15) is 13.3 Å². The number of carbonyl (C=O) groups excluding carboxylic acids is 1. The lowest BCUT2D eigenvalue weighted by Gasteiger charge is -2.35. The van der Waals surface area contributed by atoms with Crippen LogP contribution in [-0.2, 0) is 4.79 Å². The number of hydrogen-bond donors (Lipinski definition) is 1. The van der Waals surface area contributed by atoms with E-state index in [2.05, 4.69) is 5.32 Å². The van der Waals surface area contributed by atoms with Crippen molar-refractivity contribution in [3.05, 3.63) is 23.2 Å². The van der Waals surface area contributed by atoms with Gasteiger partial charge in [-0.1, -0.05) is 24.6 Å². The minimum atomic E-state index is -0.127. The summed E-state index contributed by atoms with van der Waals surface area (Å²) in [6.07, 6.45) is 0.771. The summed E-state index contributed by atoms with van der Waals surface area (Å²) in [4.78, 5) is 13.7. The number of likely N-dealkylation sites (N-methyl/N-ethyl adjacent to an activating group) is 1. The fourth-order valence-corrected chi connectivity index (χ4v) is 2.29. The van der Waals surface area contributed by atoms with Gasteiger partial charge in [0.25, 0.3) is 0 Å². The van der Waals surface area contributed by atoms with Crippen LogP contribution in [-0.4, -0.2) is 19.0 Å². The zero-order valence-electron chi connectivity index (χ0n) is 8.75. The Morgan fingerprint density at radius 1 is 1.53 bits per heavy atom. The maximum atomic E-state index is 11.7. The molecule has 80 valence electrons. The molecule has 1 heterocycles. The van der Waals surface area contributed by atoms with Crippen molar-refractivity contribution in [1.82, 2.24) is 0 Å². The molecule has 0 aliphatic carbocycles. The number of para-hydroxylation sites is 1. The quantitative estimate of drug-likeness (QED) is 0.795. The largest absolute Gasteiger partial charge is 0.360 e. The average Bonchev–Trinajstić information content (AvgIpc) is 2.17. The number of hydrogen-bond acceptors (Lipinski definition) is 2. The first kappa shape index (κ1) is 10.3. The molecule has 0 aromatic heterocycles. The minimum Gasteiger partial charge on any atom is -0.360 e. The molecule has 0 bridgehead atoms. The summed E-state index contributed by atoms with van der Waals surface area (Å²) in [6, 6.07) is 5.40. The normalized spacial score (nSPS) is 19.8. The van der Waals surface area contributed by atoms with Gasteiger partial charge in [-0.05, 0) is 18.6 Å². The Morgan fingerprint density at radius 2 is 2.27 bits per heavy atom. The van der Waals surface area contributed by atoms with Crippen molar-refractivity contribution < 1.29 is 4.79 Å². The number of carbonyl (C=O) groups is 1. The summed E-state index contributed by atoms with van der Waals surface area (Å²) in [5, 5.41) is 3.54. The Kier molecular flexibility index (Phi) is 2.57. The van der Waals surface area contributed by atoms with E-state index in [4.69, 9.17) is 11.6 Å². The summed E-state index contributed by atoms with van der Waals surface area (Å²) in [5.41, 5.74) is 1.70. The first-order valence-corrected chi connectivity index (χ1v) is 5.35. The van der Waals surface area contributed by atoms with E-state index in [0.29, 0.717) is 5.02 Å². The van der Waals surface area contributed by atoms with E-state index < -0.39 is 0 Å². The molecule has 0 saturated heterocycles. The van der Waals surface area contributed by atoms with E-state index >= 15 is 0 Å². The highest BCUT2D eigenvalue weighted by atomic mass is 35.5. The van der Waals surface area contributed by atoms with Gasteiger partial charge >= 0.3 is 0 Å². The predicted octanol–water partition coefficient (Wildman–Crippen LogP) is 2.51. The topological polar surface area (TPSA) is 32.3 Å². The number of nitrogens with zero attached hydrogens (tertiary/aromatic N) is 1. The molecule has 15 heavy (non-hydrogen) atoms. The summed E-state index contributed by atoms with van der Waals surface area (Å²) < 4.78 is 0. The summed E-state index contributed by atoms with van der Waals surface area (Å²) in [6.45, 7) is 1.99. The first-order valence-electron chi connectivity index (χ1n) is 4.97. The Hall–Kier alpha value is -1.22. The molecular formula is C11H13ClN2O. The lowest BCUT2D eigenvalue weighted by molar-refractivity contribution is -0.117. The first-order chi connectivity index (χ1) is 7.15. The van der Waals surface area contributed by atoms with Gasteiger partial charge in [0.15, 0.2) is 0 Å². The van der Waals surface area contributed by atoms with Crippen LogP contribution in [0.4, 0.5) is 11.4 Å². The summed E-state index contributed by atoms with van der Waals surface area (Å²) in [5.74, 6) is 0.0368. The van der Waals surface area contributed by atoms with Crippen LogP contribution in [0, 0.1) is 0 Å². The van der Waals surface area contributed by atoms with Crippen molar-refractivity contribution in [2.75, 3.05) is 17.3 Å². The van der Waals surface area contributed by atoms with E-state index in [1.54, 1.807) is 0 Å². The van der Waals surface area contributed by atoms with Crippen molar-refractivity contribution in [3.8, 4) is 0 Å². The molecule has 4 heteroatoms. The Morgan fingerprint density at radius 3 is 2.93 bits per heavy atom. The maximum Gasteiger partial charge on any atom is 0.247 e. The lowest BCUT2D eigenvalue weighted by Crippen LogP contribution is -2.45. The fraction of sp³-hybridized carbons (Fsp3) is 0.364. The Labute approximate surface area is 94.0 Å². The summed E-state index contributed by atoms with van der Waals surface area (Å²) >= 11 is 6.11. The number of amides is 1. The Balaban J connectivity index is 2.51. The predicted molar refractivity (Wildman–Crippen MR) is 62.6 cm³/mol. The third kappa shape index (κ3) is 1.57. The molecule has 3 nitrogen and oxygen atoms in total. The molecule has 1 aromatic carbocycles. The van der Waals surface area contributed by atoms with Crippen molar-refractivity contribution >= 4 is 28.9 Å². The standard InChI is InChI=1S/C11H13ClN2O/c1-3-9-11(15)13-8-6-4-5-7(12)10(8)14(9)2/h4-6,9H,3H2,1-2H3,(H,13,15). The summed E-state index contributed by atoms with van der Waals surface area (Å²) in [7, 11) is 1.90. The third-order valence-corrected chi connectivity index (χ3v) is 3.06. The molecule has 1 aromatic rings. The van der Waals surface area contributed by atoms with E-state index in [0.717, 1.165) is 17.8 Å². The molecular weight excluding hydrogens is 212 g/mol. The van der Waals surface area contributed by atoms with Crippen molar-refractivity contribution in [2.45, 2.75) is 19.4 Å². The monoisotopic (exact) mass is 224 g/mol. The molecule has 1 amide bonds. The molecule has 1 atom stereocenters. The molecule has 1 aliphatic rings. The molecule has 1 unspecified atom stereocenters. The number of rotatable bonds is 1. The van der Waals surface area contributed by atoms with E-state index in [-0.39, 0.29) is 11.9 Å². The number of anilines is 2. The Bertz CT molecular complexity index is 406. The molecule has 0 radical (unpaired) electrons. The SMILES string of the molecule is CCC1C(=O)Nc2cccc(Cl)c2N1C. The van der Waals surface area contributed by atoms with Crippen molar-refractivity contribution in [2.24, 2.45) is 0 Å². The van der Waals surface area contributed by atoms with Crippen LogP contribution < -0.4 is 10.2 Å². The van der Waals surface area contributed by atoms with Crippen LogP contribution in [0.25, 0.3) is 0 Å². The molecule has 0 saturated carbocycles. The van der Waals surface area contributed by atoms with Gasteiger partial charge in [0, 0.05) is 7.05 Å². The highest BCUT2D eigenvalue weighted by molar-refractivity contribution is 6.34. The van der Waals surface area contributed by atoms with Crippen molar-refractivity contribution in [1.29, 1.82) is 0 Å². The van der Waals surface area contributed by atoms with E-state index in [9.17, 15) is 4.79 Å². The van der Waals surface area contributed by atoms with Gasteiger partial charge in [-0.3, -0.25) is 4.79 Å². The van der Waals surface area contributed by atoms with Gasteiger partial charge in [0.2, 0.25) is 5.91 Å². The average molecular weight is 225 g/mol. The second-order valence-electron chi connectivity index (χ2n) is 3.66. The zero-order chi connectivity index (χ0) is 11.0. The third-order valence-electron chi connectivity index (χ3n) is 2.75. The van der Waals surface area contributed by atoms with E-state index in [1.807, 2.05) is 37.1 Å². The maximum absolute atomic E-state index is 11.7. The highest BCUT2D eigenvalue weighted by Crippen LogP contribution is 2.37. The second-order valence-corrected chi connectivity index (χ2v) is 4.07.